The highest BCUT2D eigenvalue weighted by molar-refractivity contribution is 9.10. The number of fused-ring (bicyclic) bond motifs is 3. The first kappa shape index (κ1) is 22.3. The average Bonchev–Trinajstić information content (AvgIpc) is 3.10. The second-order valence-electron chi connectivity index (χ2n) is 8.16. The topological polar surface area (TPSA) is 55.2 Å². The molecule has 0 amide bonds. The smallest absolute Gasteiger partial charge is 0.282 e. The Labute approximate surface area is 212 Å². The Bertz CT molecular complexity index is 1180. The number of hydrogen-bond acceptors (Lipinski definition) is 4. The van der Waals surface area contributed by atoms with Crippen molar-refractivity contribution in [2.24, 2.45) is 5.92 Å². The van der Waals surface area contributed by atoms with E-state index in [0.717, 1.165) is 21.1 Å². The van der Waals surface area contributed by atoms with Crippen molar-refractivity contribution in [1.82, 2.24) is 0 Å². The molecule has 1 aliphatic carbocycles. The standard InChI is InChI=1S/C24H19Br2ClN2O2S/c25-14-7-5-13(6-8-14)24-17-12-21(32-20-4-2-1-3-19(20)29(30)31)23(27)22(17)16-11-15(26)9-10-18(16)28-24/h1-11,17,21-24,28H,12H2. The van der Waals surface area contributed by atoms with Crippen LogP contribution in [0.5, 0.6) is 0 Å². The summed E-state index contributed by atoms with van der Waals surface area (Å²) < 4.78 is 2.07. The molecule has 3 aromatic carbocycles. The Hall–Kier alpha value is -1.54. The maximum absolute atomic E-state index is 11.5. The number of rotatable bonds is 4. The molecule has 5 atom stereocenters. The molecule has 1 saturated carbocycles. The first-order valence-corrected chi connectivity index (χ1v) is 13.2. The molecule has 5 unspecified atom stereocenters. The van der Waals surface area contributed by atoms with E-state index in [1.807, 2.05) is 18.2 Å². The van der Waals surface area contributed by atoms with Gasteiger partial charge in [0.2, 0.25) is 0 Å². The Balaban J connectivity index is 1.53. The lowest BCUT2D eigenvalue weighted by molar-refractivity contribution is -0.387. The zero-order valence-electron chi connectivity index (χ0n) is 16.8. The minimum atomic E-state index is -0.313. The highest BCUT2D eigenvalue weighted by Crippen LogP contribution is 2.58. The van der Waals surface area contributed by atoms with Crippen LogP contribution in [0, 0.1) is 16.0 Å². The fraction of sp³-hybridized carbons (Fsp3) is 0.250. The van der Waals surface area contributed by atoms with Crippen LogP contribution < -0.4 is 5.32 Å². The molecular weight excluding hydrogens is 576 g/mol. The van der Waals surface area contributed by atoms with Crippen LogP contribution in [-0.2, 0) is 0 Å². The lowest BCUT2D eigenvalue weighted by Gasteiger charge is -2.38. The molecule has 1 heterocycles. The van der Waals surface area contributed by atoms with E-state index in [1.165, 1.54) is 22.9 Å². The van der Waals surface area contributed by atoms with Crippen molar-refractivity contribution in [3.63, 3.8) is 0 Å². The van der Waals surface area contributed by atoms with E-state index in [0.29, 0.717) is 4.90 Å². The zero-order valence-corrected chi connectivity index (χ0v) is 21.5. The molecule has 0 aromatic heterocycles. The summed E-state index contributed by atoms with van der Waals surface area (Å²) in [6, 6.07) is 21.8. The van der Waals surface area contributed by atoms with Crippen LogP contribution in [-0.4, -0.2) is 15.6 Å². The number of anilines is 1. The normalized spacial score (nSPS) is 26.2. The van der Waals surface area contributed by atoms with Crippen molar-refractivity contribution < 1.29 is 4.92 Å². The number of thioether (sulfide) groups is 1. The summed E-state index contributed by atoms with van der Waals surface area (Å²) >= 11 is 15.8. The molecular formula is C24H19Br2ClN2O2S. The summed E-state index contributed by atoms with van der Waals surface area (Å²) in [4.78, 5) is 11.9. The van der Waals surface area contributed by atoms with Crippen molar-refractivity contribution >= 4 is 66.6 Å². The summed E-state index contributed by atoms with van der Waals surface area (Å²) in [5, 5.41) is 15.2. The molecule has 8 heteroatoms. The van der Waals surface area contributed by atoms with E-state index in [-0.39, 0.29) is 39.1 Å². The van der Waals surface area contributed by atoms with Gasteiger partial charge in [0, 0.05) is 31.9 Å². The summed E-state index contributed by atoms with van der Waals surface area (Å²) in [5.74, 6) is 0.431. The van der Waals surface area contributed by atoms with Gasteiger partial charge in [0.05, 0.1) is 21.2 Å². The van der Waals surface area contributed by atoms with Gasteiger partial charge in [-0.15, -0.1) is 23.4 Å². The summed E-state index contributed by atoms with van der Waals surface area (Å²) in [6.07, 6.45) is 0.870. The quantitative estimate of drug-likeness (QED) is 0.188. The number of para-hydroxylation sites is 1. The van der Waals surface area contributed by atoms with Gasteiger partial charge in [-0.05, 0) is 59.9 Å². The molecule has 1 aliphatic heterocycles. The number of hydrogen-bond donors (Lipinski definition) is 1. The van der Waals surface area contributed by atoms with Crippen molar-refractivity contribution in [2.75, 3.05) is 5.32 Å². The van der Waals surface area contributed by atoms with E-state index in [1.54, 1.807) is 12.1 Å². The van der Waals surface area contributed by atoms with Gasteiger partial charge in [0.1, 0.15) is 0 Å². The van der Waals surface area contributed by atoms with Gasteiger partial charge in [0.15, 0.2) is 0 Å². The van der Waals surface area contributed by atoms with E-state index in [9.17, 15) is 10.1 Å². The lowest BCUT2D eigenvalue weighted by Crippen LogP contribution is -2.31. The molecule has 1 N–H and O–H groups in total. The van der Waals surface area contributed by atoms with E-state index in [4.69, 9.17) is 11.6 Å². The predicted octanol–water partition coefficient (Wildman–Crippen LogP) is 8.16. The van der Waals surface area contributed by atoms with Gasteiger partial charge in [0.25, 0.3) is 5.69 Å². The fourth-order valence-corrected chi connectivity index (χ4v) is 7.54. The van der Waals surface area contributed by atoms with Crippen LogP contribution >= 0.6 is 55.2 Å². The summed E-state index contributed by atoms with van der Waals surface area (Å²) in [6.45, 7) is 0. The van der Waals surface area contributed by atoms with E-state index >= 15 is 0 Å². The minimum Gasteiger partial charge on any atom is -0.378 e. The van der Waals surface area contributed by atoms with Gasteiger partial charge in [-0.1, -0.05) is 56.1 Å². The first-order chi connectivity index (χ1) is 15.4. The molecule has 0 bridgehead atoms. The third kappa shape index (κ3) is 4.09. The second kappa shape index (κ2) is 9.01. The maximum atomic E-state index is 11.5. The van der Waals surface area contributed by atoms with Gasteiger partial charge >= 0.3 is 0 Å². The number of nitro groups is 1. The third-order valence-corrected chi connectivity index (χ3v) is 9.48. The monoisotopic (exact) mass is 592 g/mol. The van der Waals surface area contributed by atoms with Crippen LogP contribution in [0.4, 0.5) is 11.4 Å². The predicted molar refractivity (Wildman–Crippen MR) is 138 cm³/mol. The highest BCUT2D eigenvalue weighted by Gasteiger charge is 2.50. The molecule has 32 heavy (non-hydrogen) atoms. The maximum Gasteiger partial charge on any atom is 0.282 e. The van der Waals surface area contributed by atoms with Gasteiger partial charge in [-0.25, -0.2) is 0 Å². The Kier molecular flexibility index (Phi) is 6.27. The number of nitrogens with one attached hydrogen (secondary N) is 1. The van der Waals surface area contributed by atoms with Crippen molar-refractivity contribution in [3.8, 4) is 0 Å². The molecule has 4 nitrogen and oxygen atoms in total. The first-order valence-electron chi connectivity index (χ1n) is 10.3. The van der Waals surface area contributed by atoms with Gasteiger partial charge < -0.3 is 5.32 Å². The molecule has 2 aliphatic rings. The van der Waals surface area contributed by atoms with Gasteiger partial charge in [-0.3, -0.25) is 10.1 Å². The van der Waals surface area contributed by atoms with Crippen LogP contribution in [0.1, 0.15) is 29.5 Å². The molecule has 0 saturated heterocycles. The Morgan fingerprint density at radius 2 is 1.75 bits per heavy atom. The SMILES string of the molecule is O=[N+]([O-])c1ccccc1SC1CC2C(c3ccc(Br)cc3)Nc3ccc(Br)cc3C2C1Cl. The van der Waals surface area contributed by atoms with E-state index in [2.05, 4.69) is 73.6 Å². The molecule has 3 aromatic rings. The second-order valence-corrected chi connectivity index (χ2v) is 11.8. The van der Waals surface area contributed by atoms with Crippen molar-refractivity contribution in [1.29, 1.82) is 0 Å². The fourth-order valence-electron chi connectivity index (χ4n) is 4.96. The Morgan fingerprint density at radius 1 is 1.03 bits per heavy atom. The van der Waals surface area contributed by atoms with Crippen LogP contribution in [0.2, 0.25) is 0 Å². The lowest BCUT2D eigenvalue weighted by atomic mass is 9.77. The Morgan fingerprint density at radius 3 is 2.50 bits per heavy atom. The average molecular weight is 595 g/mol. The van der Waals surface area contributed by atoms with Crippen molar-refractivity contribution in [2.45, 2.75) is 33.9 Å². The molecule has 0 radical (unpaired) electrons. The number of halogens is 3. The number of alkyl halides is 1. The minimum absolute atomic E-state index is 0.0671. The van der Waals surface area contributed by atoms with Crippen LogP contribution in [0.3, 0.4) is 0 Å². The molecule has 0 spiro atoms. The molecule has 1 fully saturated rings. The van der Waals surface area contributed by atoms with E-state index < -0.39 is 0 Å². The van der Waals surface area contributed by atoms with Crippen molar-refractivity contribution in [3.05, 3.63) is 96.9 Å². The zero-order chi connectivity index (χ0) is 22.4. The van der Waals surface area contributed by atoms with Crippen LogP contribution in [0.15, 0.2) is 80.6 Å². The summed E-state index contributed by atoms with van der Waals surface area (Å²) in [7, 11) is 0. The number of benzene rings is 3. The number of nitro benzene ring substituents is 1. The van der Waals surface area contributed by atoms with Crippen LogP contribution in [0.25, 0.3) is 0 Å². The highest BCUT2D eigenvalue weighted by atomic mass is 79.9. The molecule has 164 valence electrons. The van der Waals surface area contributed by atoms with Gasteiger partial charge in [-0.2, -0.15) is 0 Å². The number of nitrogens with zero attached hydrogens (tertiary/aromatic N) is 1. The third-order valence-electron chi connectivity index (χ3n) is 6.35. The largest absolute Gasteiger partial charge is 0.378 e. The molecule has 5 rings (SSSR count). The summed E-state index contributed by atoms with van der Waals surface area (Å²) in [5.41, 5.74) is 3.67.